The summed E-state index contributed by atoms with van der Waals surface area (Å²) in [5, 5.41) is 11.9. The molecule has 0 atom stereocenters. The molecule has 0 saturated carbocycles. The van der Waals surface area contributed by atoms with Gasteiger partial charge in [0.15, 0.2) is 11.6 Å². The zero-order valence-corrected chi connectivity index (χ0v) is 12.9. The number of hydrogen-bond acceptors (Lipinski definition) is 2. The van der Waals surface area contributed by atoms with E-state index >= 15 is 0 Å². The molecule has 0 aliphatic carbocycles. The predicted octanol–water partition coefficient (Wildman–Crippen LogP) is 4.82. The van der Waals surface area contributed by atoms with Gasteiger partial charge >= 0.3 is 0 Å². The minimum Gasteiger partial charge on any atom is -0.319 e. The van der Waals surface area contributed by atoms with Crippen LogP contribution in [-0.2, 0) is 4.79 Å². The monoisotopic (exact) mass is 352 g/mol. The van der Waals surface area contributed by atoms with Crippen LogP contribution >= 0.6 is 23.2 Å². The average Bonchev–Trinajstić information content (AvgIpc) is 2.52. The van der Waals surface area contributed by atoms with Gasteiger partial charge in [-0.15, -0.1) is 0 Å². The van der Waals surface area contributed by atoms with E-state index in [1.807, 2.05) is 0 Å². The summed E-state index contributed by atoms with van der Waals surface area (Å²) in [6.07, 6.45) is 1.13. The second kappa shape index (κ2) is 7.23. The van der Waals surface area contributed by atoms with Crippen LogP contribution in [-0.4, -0.2) is 5.91 Å². The number of hydrogen-bond donors (Lipinski definition) is 1. The fourth-order valence-corrected chi connectivity index (χ4v) is 2.21. The smallest absolute Gasteiger partial charge is 0.266 e. The van der Waals surface area contributed by atoms with Crippen molar-refractivity contribution in [1.82, 2.24) is 0 Å². The van der Waals surface area contributed by atoms with Crippen molar-refractivity contribution in [2.45, 2.75) is 0 Å². The van der Waals surface area contributed by atoms with E-state index in [0.717, 1.165) is 18.2 Å². The Morgan fingerprint density at radius 3 is 2.35 bits per heavy atom. The van der Waals surface area contributed by atoms with Gasteiger partial charge in [0.2, 0.25) is 0 Å². The van der Waals surface area contributed by atoms with Crippen LogP contribution in [0.1, 0.15) is 5.56 Å². The molecule has 2 aromatic rings. The van der Waals surface area contributed by atoms with Gasteiger partial charge < -0.3 is 5.32 Å². The lowest BCUT2D eigenvalue weighted by molar-refractivity contribution is -0.112. The molecule has 1 amide bonds. The summed E-state index contributed by atoms with van der Waals surface area (Å²) in [5.74, 6) is -2.87. The van der Waals surface area contributed by atoms with E-state index in [0.29, 0.717) is 0 Å². The minimum atomic E-state index is -1.08. The van der Waals surface area contributed by atoms with E-state index in [2.05, 4.69) is 5.32 Å². The first kappa shape index (κ1) is 16.9. The molecule has 2 aromatic carbocycles. The summed E-state index contributed by atoms with van der Waals surface area (Å²) in [6, 6.07) is 9.35. The van der Waals surface area contributed by atoms with E-state index in [4.69, 9.17) is 28.5 Å². The molecule has 0 spiro atoms. The Labute approximate surface area is 140 Å². The Balaban J connectivity index is 2.30. The third kappa shape index (κ3) is 4.07. The number of nitrogens with zero attached hydrogens (tertiary/aromatic N) is 1. The lowest BCUT2D eigenvalue weighted by Gasteiger charge is -2.08. The molecule has 0 heterocycles. The summed E-state index contributed by atoms with van der Waals surface area (Å²) < 4.78 is 26.0. The average molecular weight is 353 g/mol. The molecular formula is C16H8Cl2F2N2O. The first-order valence-electron chi connectivity index (χ1n) is 6.24. The number of nitrogens with one attached hydrogen (secondary N) is 1. The Morgan fingerprint density at radius 1 is 1.13 bits per heavy atom. The number of carbonyl (C=O) groups is 1. The lowest BCUT2D eigenvalue weighted by atomic mass is 10.1. The number of rotatable bonds is 3. The van der Waals surface area contributed by atoms with Gasteiger partial charge in [0, 0.05) is 0 Å². The van der Waals surface area contributed by atoms with Crippen LogP contribution in [0.25, 0.3) is 6.08 Å². The number of amides is 1. The molecule has 2 rings (SSSR count). The van der Waals surface area contributed by atoms with Gasteiger partial charge in [-0.3, -0.25) is 4.79 Å². The van der Waals surface area contributed by atoms with Gasteiger partial charge in [0.05, 0.1) is 15.7 Å². The first-order chi connectivity index (χ1) is 10.9. The van der Waals surface area contributed by atoms with Crippen LogP contribution in [0.4, 0.5) is 14.5 Å². The number of halogens is 4. The quantitative estimate of drug-likeness (QED) is 0.636. The van der Waals surface area contributed by atoms with E-state index in [-0.39, 0.29) is 26.9 Å². The van der Waals surface area contributed by atoms with Crippen molar-refractivity contribution in [3.05, 3.63) is 69.2 Å². The maximum atomic E-state index is 13.2. The largest absolute Gasteiger partial charge is 0.319 e. The molecule has 0 aliphatic rings. The molecule has 0 aromatic heterocycles. The van der Waals surface area contributed by atoms with Crippen molar-refractivity contribution >= 4 is 40.9 Å². The van der Waals surface area contributed by atoms with E-state index in [9.17, 15) is 13.6 Å². The van der Waals surface area contributed by atoms with Gasteiger partial charge in [-0.25, -0.2) is 8.78 Å². The zero-order chi connectivity index (χ0) is 17.0. The highest BCUT2D eigenvalue weighted by Crippen LogP contribution is 2.30. The molecule has 116 valence electrons. The summed E-state index contributed by atoms with van der Waals surface area (Å²) in [4.78, 5) is 12.1. The van der Waals surface area contributed by atoms with Gasteiger partial charge in [-0.05, 0) is 35.9 Å². The lowest BCUT2D eigenvalue weighted by Crippen LogP contribution is -2.14. The zero-order valence-electron chi connectivity index (χ0n) is 11.4. The molecule has 0 bridgehead atoms. The van der Waals surface area contributed by atoms with Crippen LogP contribution in [0.5, 0.6) is 0 Å². The Morgan fingerprint density at radius 2 is 1.78 bits per heavy atom. The molecule has 0 fully saturated rings. The number of anilines is 1. The minimum absolute atomic E-state index is 0.160. The molecule has 0 saturated heterocycles. The Kier molecular flexibility index (Phi) is 5.32. The van der Waals surface area contributed by atoms with Crippen LogP contribution in [0, 0.1) is 23.0 Å². The van der Waals surface area contributed by atoms with Crippen LogP contribution in [0.3, 0.4) is 0 Å². The molecular weight excluding hydrogens is 345 g/mol. The maximum absolute atomic E-state index is 13.2. The van der Waals surface area contributed by atoms with Crippen LogP contribution < -0.4 is 5.32 Å². The van der Waals surface area contributed by atoms with Crippen molar-refractivity contribution in [2.24, 2.45) is 0 Å². The first-order valence-corrected chi connectivity index (χ1v) is 7.00. The highest BCUT2D eigenvalue weighted by atomic mass is 35.5. The van der Waals surface area contributed by atoms with Crippen molar-refractivity contribution in [3.8, 4) is 6.07 Å². The number of para-hydroxylation sites is 1. The second-order valence-electron chi connectivity index (χ2n) is 4.39. The summed E-state index contributed by atoms with van der Waals surface area (Å²) >= 11 is 11.9. The van der Waals surface area contributed by atoms with Gasteiger partial charge in [0.25, 0.3) is 5.91 Å². The third-order valence-electron chi connectivity index (χ3n) is 2.82. The van der Waals surface area contributed by atoms with E-state index in [1.165, 1.54) is 18.2 Å². The number of carbonyl (C=O) groups excluding carboxylic acids is 1. The predicted molar refractivity (Wildman–Crippen MR) is 85.0 cm³/mol. The molecule has 0 aliphatic heterocycles. The molecule has 23 heavy (non-hydrogen) atoms. The van der Waals surface area contributed by atoms with Crippen LogP contribution in [0.2, 0.25) is 10.0 Å². The maximum Gasteiger partial charge on any atom is 0.266 e. The van der Waals surface area contributed by atoms with E-state index < -0.39 is 17.5 Å². The van der Waals surface area contributed by atoms with Gasteiger partial charge in [-0.2, -0.15) is 5.26 Å². The topological polar surface area (TPSA) is 52.9 Å². The van der Waals surface area contributed by atoms with E-state index in [1.54, 1.807) is 12.1 Å². The van der Waals surface area contributed by atoms with Crippen LogP contribution in [0.15, 0.2) is 42.0 Å². The van der Waals surface area contributed by atoms with Gasteiger partial charge in [-0.1, -0.05) is 35.3 Å². The Hall–Kier alpha value is -2.42. The van der Waals surface area contributed by atoms with Crippen molar-refractivity contribution in [2.75, 3.05) is 5.32 Å². The van der Waals surface area contributed by atoms with Gasteiger partial charge in [0.1, 0.15) is 11.6 Å². The molecule has 3 nitrogen and oxygen atoms in total. The fraction of sp³-hybridized carbons (Fsp3) is 0. The number of benzene rings is 2. The standard InChI is InChI=1S/C16H8Cl2F2N2O/c17-11-2-1-3-12(18)15(11)22-16(23)10(8-21)6-9-4-5-13(19)14(20)7-9/h1-7H,(H,22,23)/b10-6+. The summed E-state index contributed by atoms with van der Waals surface area (Å²) in [5.41, 5.74) is 0.0140. The van der Waals surface area contributed by atoms with Crippen molar-refractivity contribution in [3.63, 3.8) is 0 Å². The number of nitriles is 1. The highest BCUT2D eigenvalue weighted by molar-refractivity contribution is 6.40. The van der Waals surface area contributed by atoms with Crippen molar-refractivity contribution in [1.29, 1.82) is 5.26 Å². The Bertz CT molecular complexity index is 824. The summed E-state index contributed by atoms with van der Waals surface area (Å²) in [6.45, 7) is 0. The fourth-order valence-electron chi connectivity index (χ4n) is 1.72. The summed E-state index contributed by atoms with van der Waals surface area (Å²) in [7, 11) is 0. The molecule has 0 radical (unpaired) electrons. The second-order valence-corrected chi connectivity index (χ2v) is 5.21. The molecule has 1 N–H and O–H groups in total. The SMILES string of the molecule is N#C/C(=C\c1ccc(F)c(F)c1)C(=O)Nc1c(Cl)cccc1Cl. The third-order valence-corrected chi connectivity index (χ3v) is 3.45. The molecule has 7 heteroatoms. The normalized spacial score (nSPS) is 11.0. The van der Waals surface area contributed by atoms with Crippen molar-refractivity contribution < 1.29 is 13.6 Å². The highest BCUT2D eigenvalue weighted by Gasteiger charge is 2.14. The molecule has 0 unspecified atom stereocenters.